The molecule has 22 heavy (non-hydrogen) atoms. The average Bonchev–Trinajstić information content (AvgIpc) is 2.80. The van der Waals surface area contributed by atoms with Crippen molar-refractivity contribution in [3.63, 3.8) is 0 Å². The van der Waals surface area contributed by atoms with Gasteiger partial charge in [-0.3, -0.25) is 4.79 Å². The van der Waals surface area contributed by atoms with Gasteiger partial charge in [0.25, 0.3) is 0 Å². The largest absolute Gasteiger partial charge is 0.496 e. The molecule has 1 amide bonds. The zero-order valence-corrected chi connectivity index (χ0v) is 13.9. The van der Waals surface area contributed by atoms with Gasteiger partial charge in [-0.1, -0.05) is 17.7 Å². The number of ether oxygens (including phenoxy) is 1. The molecule has 0 spiro atoms. The predicted molar refractivity (Wildman–Crippen MR) is 86.1 cm³/mol. The summed E-state index contributed by atoms with van der Waals surface area (Å²) in [6.07, 6.45) is 0.935. The van der Waals surface area contributed by atoms with Crippen molar-refractivity contribution in [1.29, 1.82) is 0 Å². The minimum Gasteiger partial charge on any atom is -0.496 e. The number of carbonyl (C=O) groups excluding carboxylic acids is 1. The van der Waals surface area contributed by atoms with E-state index in [1.165, 1.54) is 0 Å². The van der Waals surface area contributed by atoms with E-state index in [4.69, 9.17) is 4.74 Å². The van der Waals surface area contributed by atoms with E-state index in [0.29, 0.717) is 32.5 Å². The minimum atomic E-state index is -0.796. The summed E-state index contributed by atoms with van der Waals surface area (Å²) in [6.45, 7) is 3.58. The third kappa shape index (κ3) is 3.99. The number of likely N-dealkylation sites (N-methyl/N-ethyl adjacent to an activating group) is 1. The van der Waals surface area contributed by atoms with Crippen LogP contribution in [0.4, 0.5) is 0 Å². The van der Waals surface area contributed by atoms with Crippen molar-refractivity contribution in [2.24, 2.45) is 0 Å². The number of β-amino-alcohol motifs (C(OH)–C–C–N with tert-alkyl or cyclic N) is 1. The van der Waals surface area contributed by atoms with Crippen LogP contribution in [0.25, 0.3) is 0 Å². The minimum absolute atomic E-state index is 0.0404. The lowest BCUT2D eigenvalue weighted by Gasteiger charge is -2.26. The molecule has 5 nitrogen and oxygen atoms in total. The molecule has 0 radical (unpaired) electrons. The van der Waals surface area contributed by atoms with Gasteiger partial charge < -0.3 is 19.6 Å². The first-order chi connectivity index (χ1) is 10.3. The molecule has 0 aromatic heterocycles. The Kier molecular flexibility index (Phi) is 5.08. The van der Waals surface area contributed by atoms with Crippen LogP contribution in [0.2, 0.25) is 0 Å². The van der Waals surface area contributed by atoms with Crippen LogP contribution in [0, 0.1) is 6.92 Å². The van der Waals surface area contributed by atoms with E-state index >= 15 is 0 Å². The Balaban J connectivity index is 2.03. The summed E-state index contributed by atoms with van der Waals surface area (Å²) in [5.74, 6) is 0.778. The van der Waals surface area contributed by atoms with Gasteiger partial charge in [0.05, 0.1) is 25.7 Å². The number of hydrogen-bond acceptors (Lipinski definition) is 4. The summed E-state index contributed by atoms with van der Waals surface area (Å²) >= 11 is 0. The molecule has 0 saturated carbocycles. The summed E-state index contributed by atoms with van der Waals surface area (Å²) in [5.41, 5.74) is 1.21. The third-order valence-corrected chi connectivity index (χ3v) is 4.07. The highest BCUT2D eigenvalue weighted by Gasteiger charge is 2.38. The van der Waals surface area contributed by atoms with Crippen molar-refractivity contribution in [3.05, 3.63) is 29.3 Å². The van der Waals surface area contributed by atoms with Crippen LogP contribution < -0.4 is 4.74 Å². The van der Waals surface area contributed by atoms with Gasteiger partial charge in [-0.15, -0.1) is 0 Å². The summed E-state index contributed by atoms with van der Waals surface area (Å²) < 4.78 is 5.33. The second-order valence-corrected chi connectivity index (χ2v) is 6.52. The monoisotopic (exact) mass is 306 g/mol. The number of amides is 1. The highest BCUT2D eigenvalue weighted by atomic mass is 16.5. The maximum atomic E-state index is 12.5. The molecule has 1 fully saturated rings. The normalized spacial score (nSPS) is 21.5. The summed E-state index contributed by atoms with van der Waals surface area (Å²) in [6, 6.07) is 5.85. The van der Waals surface area contributed by atoms with Crippen LogP contribution in [-0.4, -0.2) is 67.3 Å². The van der Waals surface area contributed by atoms with Gasteiger partial charge in [-0.05, 0) is 33.5 Å². The van der Waals surface area contributed by atoms with Crippen LogP contribution in [0.1, 0.15) is 17.5 Å². The molecule has 1 heterocycles. The molecule has 1 aromatic rings. The van der Waals surface area contributed by atoms with Crippen LogP contribution in [0.5, 0.6) is 5.75 Å². The van der Waals surface area contributed by atoms with Gasteiger partial charge in [0.15, 0.2) is 0 Å². The topological polar surface area (TPSA) is 53.0 Å². The van der Waals surface area contributed by atoms with Gasteiger partial charge in [-0.2, -0.15) is 0 Å². The summed E-state index contributed by atoms with van der Waals surface area (Å²) in [7, 11) is 5.48. The fourth-order valence-corrected chi connectivity index (χ4v) is 3.11. The number of methoxy groups -OCH3 is 1. The van der Waals surface area contributed by atoms with E-state index in [2.05, 4.69) is 0 Å². The molecule has 1 N–H and O–H groups in total. The van der Waals surface area contributed by atoms with Gasteiger partial charge >= 0.3 is 0 Å². The fourth-order valence-electron chi connectivity index (χ4n) is 3.11. The highest BCUT2D eigenvalue weighted by Crippen LogP contribution is 2.25. The fraction of sp³-hybridized carbons (Fsp3) is 0.588. The number of carbonyl (C=O) groups is 1. The first-order valence-corrected chi connectivity index (χ1v) is 7.61. The Labute approximate surface area is 132 Å². The molecule has 1 saturated heterocycles. The van der Waals surface area contributed by atoms with Crippen molar-refractivity contribution in [2.75, 3.05) is 40.8 Å². The molecule has 1 aliphatic rings. The lowest BCUT2D eigenvalue weighted by atomic mass is 10.0. The second kappa shape index (κ2) is 6.67. The zero-order chi connectivity index (χ0) is 16.3. The van der Waals surface area contributed by atoms with Crippen molar-refractivity contribution < 1.29 is 14.6 Å². The second-order valence-electron chi connectivity index (χ2n) is 6.52. The lowest BCUT2D eigenvalue weighted by Crippen LogP contribution is -2.43. The molecule has 122 valence electrons. The molecule has 0 bridgehead atoms. The molecule has 2 rings (SSSR count). The number of benzene rings is 1. The number of hydrogen-bond donors (Lipinski definition) is 1. The Morgan fingerprint density at radius 3 is 2.82 bits per heavy atom. The number of likely N-dealkylation sites (tertiary alicyclic amines) is 1. The Morgan fingerprint density at radius 1 is 1.45 bits per heavy atom. The molecule has 0 aliphatic carbocycles. The maximum absolute atomic E-state index is 12.5. The van der Waals surface area contributed by atoms with E-state index in [1.807, 2.05) is 44.1 Å². The van der Waals surface area contributed by atoms with Gasteiger partial charge in [-0.25, -0.2) is 0 Å². The first kappa shape index (κ1) is 16.8. The third-order valence-electron chi connectivity index (χ3n) is 4.07. The molecule has 1 unspecified atom stereocenters. The zero-order valence-electron chi connectivity index (χ0n) is 13.9. The average molecular weight is 306 g/mol. The van der Waals surface area contributed by atoms with Crippen LogP contribution in [-0.2, 0) is 11.2 Å². The van der Waals surface area contributed by atoms with E-state index in [1.54, 1.807) is 12.0 Å². The first-order valence-electron chi connectivity index (χ1n) is 7.61. The Bertz CT molecular complexity index is 545. The van der Waals surface area contributed by atoms with Crippen molar-refractivity contribution in [2.45, 2.75) is 25.4 Å². The standard InChI is InChI=1S/C17H26N2O3/c1-13-5-6-15(22-4)14(9-13)10-16(20)19-8-7-17(21,12-19)11-18(2)3/h5-6,9,21H,7-8,10-12H2,1-4H3. The van der Waals surface area contributed by atoms with E-state index in [9.17, 15) is 9.90 Å². The number of rotatable bonds is 5. The van der Waals surface area contributed by atoms with Crippen molar-refractivity contribution in [1.82, 2.24) is 9.80 Å². The number of aryl methyl sites for hydroxylation is 1. The summed E-state index contributed by atoms with van der Waals surface area (Å²) in [4.78, 5) is 16.2. The Hall–Kier alpha value is -1.59. The molecule has 1 aliphatic heterocycles. The maximum Gasteiger partial charge on any atom is 0.227 e. The molecular weight excluding hydrogens is 280 g/mol. The van der Waals surface area contributed by atoms with Crippen molar-refractivity contribution >= 4 is 5.91 Å². The smallest absolute Gasteiger partial charge is 0.227 e. The van der Waals surface area contributed by atoms with Gasteiger partial charge in [0.1, 0.15) is 5.75 Å². The SMILES string of the molecule is COc1ccc(C)cc1CC(=O)N1CCC(O)(CN(C)C)C1. The summed E-state index contributed by atoms with van der Waals surface area (Å²) in [5, 5.41) is 10.5. The van der Waals surface area contributed by atoms with Crippen LogP contribution in [0.3, 0.4) is 0 Å². The van der Waals surface area contributed by atoms with E-state index in [-0.39, 0.29) is 5.91 Å². The van der Waals surface area contributed by atoms with Gasteiger partial charge in [0, 0.05) is 18.7 Å². The van der Waals surface area contributed by atoms with Crippen LogP contribution >= 0.6 is 0 Å². The molecular formula is C17H26N2O3. The lowest BCUT2D eigenvalue weighted by molar-refractivity contribution is -0.130. The number of aliphatic hydroxyl groups is 1. The molecule has 5 heteroatoms. The van der Waals surface area contributed by atoms with Crippen LogP contribution in [0.15, 0.2) is 18.2 Å². The quantitative estimate of drug-likeness (QED) is 0.884. The molecule has 1 atom stereocenters. The predicted octanol–water partition coefficient (Wildman–Crippen LogP) is 1.07. The van der Waals surface area contributed by atoms with E-state index < -0.39 is 5.60 Å². The Morgan fingerprint density at radius 2 is 2.18 bits per heavy atom. The number of nitrogens with zero attached hydrogens (tertiary/aromatic N) is 2. The van der Waals surface area contributed by atoms with E-state index in [0.717, 1.165) is 16.9 Å². The highest BCUT2D eigenvalue weighted by molar-refractivity contribution is 5.80. The molecule has 1 aromatic carbocycles. The van der Waals surface area contributed by atoms with Gasteiger partial charge in [0.2, 0.25) is 5.91 Å². The van der Waals surface area contributed by atoms with Crippen molar-refractivity contribution in [3.8, 4) is 5.75 Å².